The lowest BCUT2D eigenvalue weighted by Gasteiger charge is -2.56. The van der Waals surface area contributed by atoms with Gasteiger partial charge in [0.25, 0.3) is 0 Å². The fourth-order valence-electron chi connectivity index (χ4n) is 6.32. The third-order valence-corrected chi connectivity index (χ3v) is 7.12. The van der Waals surface area contributed by atoms with Gasteiger partial charge in [0, 0.05) is 13.0 Å². The van der Waals surface area contributed by atoms with E-state index in [-0.39, 0.29) is 29.7 Å². The van der Waals surface area contributed by atoms with Crippen molar-refractivity contribution in [3.63, 3.8) is 0 Å². The summed E-state index contributed by atoms with van der Waals surface area (Å²) in [5, 5.41) is 5.81. The van der Waals surface area contributed by atoms with Crippen molar-refractivity contribution < 1.29 is 9.59 Å². The molecule has 0 saturated heterocycles. The first-order valence-electron chi connectivity index (χ1n) is 10.6. The first kappa shape index (κ1) is 18.5. The summed E-state index contributed by atoms with van der Waals surface area (Å²) in [6.07, 6.45) is 8.48. The van der Waals surface area contributed by atoms with E-state index < -0.39 is 0 Å². The predicted octanol–water partition coefficient (Wildman–Crippen LogP) is 3.63. The van der Waals surface area contributed by atoms with Gasteiger partial charge in [0.2, 0.25) is 11.8 Å². The van der Waals surface area contributed by atoms with Gasteiger partial charge in [0.05, 0.1) is 6.54 Å². The second kappa shape index (κ2) is 7.65. The van der Waals surface area contributed by atoms with E-state index in [0.29, 0.717) is 13.0 Å². The highest BCUT2D eigenvalue weighted by Crippen LogP contribution is 2.61. The summed E-state index contributed by atoms with van der Waals surface area (Å²) in [6, 6.07) is 10.2. The monoisotopic (exact) mass is 368 g/mol. The van der Waals surface area contributed by atoms with Crippen LogP contribution < -0.4 is 10.6 Å². The minimum absolute atomic E-state index is 0.0585. The number of amides is 2. The van der Waals surface area contributed by atoms with Crippen LogP contribution in [0.2, 0.25) is 0 Å². The van der Waals surface area contributed by atoms with Gasteiger partial charge >= 0.3 is 0 Å². The molecule has 0 aliphatic heterocycles. The third-order valence-electron chi connectivity index (χ3n) is 7.12. The molecule has 27 heavy (non-hydrogen) atoms. The Hall–Kier alpha value is -1.84. The maximum Gasteiger partial charge on any atom is 0.239 e. The topological polar surface area (TPSA) is 58.2 Å². The highest BCUT2D eigenvalue weighted by Gasteiger charge is 2.51. The Morgan fingerprint density at radius 2 is 1.56 bits per heavy atom. The van der Waals surface area contributed by atoms with E-state index in [1.165, 1.54) is 44.1 Å². The SMILES string of the molecule is C[C@H](CNC(=O)CNC(=O)CC12CC3CC(CC(C3)C1)C2)c1ccccc1. The van der Waals surface area contributed by atoms with Crippen LogP contribution in [0.1, 0.15) is 63.4 Å². The van der Waals surface area contributed by atoms with Crippen LogP contribution in [0, 0.1) is 23.2 Å². The van der Waals surface area contributed by atoms with Crippen LogP contribution in [-0.4, -0.2) is 24.9 Å². The number of rotatable bonds is 7. The standard InChI is InChI=1S/C23H32N2O2/c1-16(20-5-3-2-4-6-20)14-24-22(27)15-25-21(26)13-23-10-17-7-18(11-23)9-19(8-17)12-23/h2-6,16-19H,7-15H2,1H3,(H,24,27)(H,25,26)/t16-,17?,18?,19?,23?/m1/s1. The molecule has 1 aromatic carbocycles. The van der Waals surface area contributed by atoms with Gasteiger partial charge in [-0.25, -0.2) is 0 Å². The van der Waals surface area contributed by atoms with E-state index >= 15 is 0 Å². The average Bonchev–Trinajstić information content (AvgIpc) is 2.63. The van der Waals surface area contributed by atoms with Crippen LogP contribution in [0.25, 0.3) is 0 Å². The third kappa shape index (κ3) is 4.36. The van der Waals surface area contributed by atoms with E-state index in [2.05, 4.69) is 29.7 Å². The van der Waals surface area contributed by atoms with Crippen molar-refractivity contribution in [3.8, 4) is 0 Å². The summed E-state index contributed by atoms with van der Waals surface area (Å²) in [6.45, 7) is 2.78. The second-order valence-corrected chi connectivity index (χ2v) is 9.49. The summed E-state index contributed by atoms with van der Waals surface area (Å²) in [5.74, 6) is 2.78. The molecule has 4 nitrogen and oxygen atoms in total. The highest BCUT2D eigenvalue weighted by molar-refractivity contribution is 5.85. The molecule has 0 unspecified atom stereocenters. The molecule has 2 amide bonds. The molecule has 0 aromatic heterocycles. The van der Waals surface area contributed by atoms with Crippen molar-refractivity contribution in [2.75, 3.05) is 13.1 Å². The Balaban J connectivity index is 1.20. The summed E-state index contributed by atoms with van der Waals surface area (Å²) in [5.41, 5.74) is 1.44. The number of hydrogen-bond donors (Lipinski definition) is 2. The maximum atomic E-state index is 12.5. The van der Waals surface area contributed by atoms with Gasteiger partial charge in [-0.2, -0.15) is 0 Å². The van der Waals surface area contributed by atoms with Crippen molar-refractivity contribution in [2.45, 2.75) is 57.8 Å². The normalized spacial score (nSPS) is 32.1. The van der Waals surface area contributed by atoms with E-state index in [9.17, 15) is 9.59 Å². The van der Waals surface area contributed by atoms with Crippen LogP contribution in [0.5, 0.6) is 0 Å². The molecule has 5 rings (SSSR count). The number of benzene rings is 1. The van der Waals surface area contributed by atoms with Crippen molar-refractivity contribution in [1.29, 1.82) is 0 Å². The van der Waals surface area contributed by atoms with Gasteiger partial charge in [-0.1, -0.05) is 37.3 Å². The van der Waals surface area contributed by atoms with Gasteiger partial charge in [-0.3, -0.25) is 9.59 Å². The molecular formula is C23H32N2O2. The summed E-state index contributed by atoms with van der Waals surface area (Å²) in [7, 11) is 0. The molecule has 1 aromatic rings. The minimum atomic E-state index is -0.100. The molecular weight excluding hydrogens is 336 g/mol. The lowest BCUT2D eigenvalue weighted by Crippen LogP contribution is -2.48. The van der Waals surface area contributed by atoms with Crippen molar-refractivity contribution in [2.24, 2.45) is 23.2 Å². The molecule has 4 bridgehead atoms. The van der Waals surface area contributed by atoms with Crippen molar-refractivity contribution in [1.82, 2.24) is 10.6 Å². The Bertz CT molecular complexity index is 650. The lowest BCUT2D eigenvalue weighted by atomic mass is 9.49. The van der Waals surface area contributed by atoms with E-state index in [1.54, 1.807) is 0 Å². The summed E-state index contributed by atoms with van der Waals surface area (Å²) >= 11 is 0. The highest BCUT2D eigenvalue weighted by atomic mass is 16.2. The Morgan fingerprint density at radius 1 is 0.963 bits per heavy atom. The number of nitrogens with one attached hydrogen (secondary N) is 2. The van der Waals surface area contributed by atoms with Gasteiger partial charge < -0.3 is 10.6 Å². The van der Waals surface area contributed by atoms with Gasteiger partial charge in [-0.05, 0) is 73.2 Å². The van der Waals surface area contributed by atoms with Gasteiger partial charge in [-0.15, -0.1) is 0 Å². The largest absolute Gasteiger partial charge is 0.354 e. The molecule has 0 radical (unpaired) electrons. The van der Waals surface area contributed by atoms with Gasteiger partial charge in [0.15, 0.2) is 0 Å². The Kier molecular flexibility index (Phi) is 5.25. The van der Waals surface area contributed by atoms with Crippen LogP contribution in [-0.2, 0) is 9.59 Å². The smallest absolute Gasteiger partial charge is 0.239 e. The lowest BCUT2D eigenvalue weighted by molar-refractivity contribution is -0.131. The van der Waals surface area contributed by atoms with Gasteiger partial charge in [0.1, 0.15) is 0 Å². The zero-order valence-electron chi connectivity index (χ0n) is 16.4. The fourth-order valence-corrected chi connectivity index (χ4v) is 6.32. The molecule has 1 atom stereocenters. The predicted molar refractivity (Wildman–Crippen MR) is 106 cm³/mol. The van der Waals surface area contributed by atoms with Crippen LogP contribution in [0.15, 0.2) is 30.3 Å². The van der Waals surface area contributed by atoms with E-state index in [1.807, 2.05) is 18.2 Å². The molecule has 2 N–H and O–H groups in total. The van der Waals surface area contributed by atoms with Crippen molar-refractivity contribution >= 4 is 11.8 Å². The molecule has 0 spiro atoms. The average molecular weight is 369 g/mol. The van der Waals surface area contributed by atoms with Crippen LogP contribution >= 0.6 is 0 Å². The number of carbonyl (C=O) groups is 2. The van der Waals surface area contributed by atoms with E-state index in [0.717, 1.165) is 17.8 Å². The number of hydrogen-bond acceptors (Lipinski definition) is 2. The zero-order chi connectivity index (χ0) is 18.9. The first-order chi connectivity index (χ1) is 13.0. The Morgan fingerprint density at radius 3 is 2.15 bits per heavy atom. The molecule has 4 saturated carbocycles. The first-order valence-corrected chi connectivity index (χ1v) is 10.6. The maximum absolute atomic E-state index is 12.5. The Labute approximate surface area is 162 Å². The second-order valence-electron chi connectivity index (χ2n) is 9.49. The van der Waals surface area contributed by atoms with Crippen molar-refractivity contribution in [3.05, 3.63) is 35.9 Å². The molecule has 4 aliphatic carbocycles. The minimum Gasteiger partial charge on any atom is -0.354 e. The van der Waals surface area contributed by atoms with Crippen LogP contribution in [0.3, 0.4) is 0 Å². The molecule has 4 aliphatic rings. The molecule has 4 heteroatoms. The fraction of sp³-hybridized carbons (Fsp3) is 0.652. The quantitative estimate of drug-likeness (QED) is 0.772. The molecule has 4 fully saturated rings. The number of carbonyl (C=O) groups excluding carboxylic acids is 2. The molecule has 0 heterocycles. The summed E-state index contributed by atoms with van der Waals surface area (Å²) < 4.78 is 0. The summed E-state index contributed by atoms with van der Waals surface area (Å²) in [4.78, 5) is 24.6. The van der Waals surface area contributed by atoms with Crippen LogP contribution in [0.4, 0.5) is 0 Å². The van der Waals surface area contributed by atoms with E-state index in [4.69, 9.17) is 0 Å². The molecule has 146 valence electrons. The zero-order valence-corrected chi connectivity index (χ0v) is 16.4.